The van der Waals surface area contributed by atoms with Gasteiger partial charge in [0.1, 0.15) is 5.58 Å². The Balaban J connectivity index is 1.15. The van der Waals surface area contributed by atoms with Gasteiger partial charge in [0.15, 0.2) is 0 Å². The van der Waals surface area contributed by atoms with E-state index in [-0.39, 0.29) is 5.28 Å². The molecule has 4 heterocycles. The summed E-state index contributed by atoms with van der Waals surface area (Å²) in [4.78, 5) is 9.27. The number of nitrogens with zero attached hydrogens (tertiary/aromatic N) is 3. The minimum atomic E-state index is 0.155. The first-order valence-corrected chi connectivity index (χ1v) is 18.7. The first kappa shape index (κ1) is 30.4. The normalized spacial score (nSPS) is 12.3. The Morgan fingerprint density at radius 2 is 1.42 bits per heavy atom. The zero-order chi connectivity index (χ0) is 35.4. The fraction of sp³-hybridized carbons (Fsp3) is 0.0213. The summed E-state index contributed by atoms with van der Waals surface area (Å²) >= 11 is 8.40. The Morgan fingerprint density at radius 1 is 0.698 bits per heavy atom. The molecular formula is C47H28ClN3OS. The van der Waals surface area contributed by atoms with Crippen LogP contribution in [0.4, 0.5) is 0 Å². The minimum absolute atomic E-state index is 0.155. The van der Waals surface area contributed by atoms with E-state index in [0.717, 1.165) is 54.8 Å². The number of hydrogen-bond donors (Lipinski definition) is 0. The molecular weight excluding hydrogens is 690 g/mol. The summed E-state index contributed by atoms with van der Waals surface area (Å²) in [7, 11) is 0. The molecule has 250 valence electrons. The van der Waals surface area contributed by atoms with Gasteiger partial charge < -0.3 is 8.98 Å². The lowest BCUT2D eigenvalue weighted by Gasteiger charge is -2.12. The SMILES string of the molecule is C=C/C=C\c1c(C)n(-c2ccc3cc(-c4nc(Cl)nc5oc6c7ccccc7ccc6c45)ccc3c2)c2c3sc4ccccc4c3c3ccccc3c12. The van der Waals surface area contributed by atoms with Crippen LogP contribution in [0.15, 0.2) is 144 Å². The van der Waals surface area contributed by atoms with Crippen LogP contribution in [0.25, 0.3) is 108 Å². The molecule has 11 rings (SSSR count). The number of hydrogen-bond acceptors (Lipinski definition) is 4. The van der Waals surface area contributed by atoms with E-state index >= 15 is 0 Å². The van der Waals surface area contributed by atoms with E-state index in [4.69, 9.17) is 21.0 Å². The standard InChI is InChI=1S/C47H28ClN3OS/c1-3-4-12-32-26(2)51(43-39(32)34-14-7-8-15-35(34)40-36-16-9-10-17-38(36)53-45(40)43)31-22-20-28-24-30(19-18-29(28)25-31)42-41-37-23-21-27-11-5-6-13-33(27)44(37)52-46(41)50-47(48)49-42/h3-25H,1H2,2H3/b12-4-. The molecule has 0 N–H and O–H groups in total. The minimum Gasteiger partial charge on any atom is -0.437 e. The van der Waals surface area contributed by atoms with E-state index in [2.05, 4.69) is 138 Å². The Labute approximate surface area is 312 Å². The van der Waals surface area contributed by atoms with Crippen LogP contribution in [-0.4, -0.2) is 14.5 Å². The molecule has 11 aromatic rings. The van der Waals surface area contributed by atoms with Crippen LogP contribution in [-0.2, 0) is 0 Å². The number of thiophene rings is 1. The molecule has 0 spiro atoms. The largest absolute Gasteiger partial charge is 0.437 e. The fourth-order valence-electron chi connectivity index (χ4n) is 8.39. The number of rotatable bonds is 4. The van der Waals surface area contributed by atoms with Crippen LogP contribution in [0.2, 0.25) is 5.28 Å². The number of benzene rings is 7. The number of fused-ring (bicyclic) bond motifs is 14. The van der Waals surface area contributed by atoms with Crippen LogP contribution in [0.1, 0.15) is 11.3 Å². The molecule has 0 saturated carbocycles. The molecule has 0 saturated heterocycles. The highest BCUT2D eigenvalue weighted by Gasteiger charge is 2.23. The van der Waals surface area contributed by atoms with Crippen molar-refractivity contribution in [3.63, 3.8) is 0 Å². The topological polar surface area (TPSA) is 43.9 Å². The summed E-state index contributed by atoms with van der Waals surface area (Å²) in [6.07, 6.45) is 6.10. The zero-order valence-electron chi connectivity index (χ0n) is 28.5. The van der Waals surface area contributed by atoms with Crippen LogP contribution >= 0.6 is 22.9 Å². The molecule has 53 heavy (non-hydrogen) atoms. The van der Waals surface area contributed by atoms with E-state index < -0.39 is 0 Å². The van der Waals surface area contributed by atoms with Crippen molar-refractivity contribution in [1.29, 1.82) is 0 Å². The van der Waals surface area contributed by atoms with Crippen molar-refractivity contribution in [2.24, 2.45) is 0 Å². The second kappa shape index (κ2) is 11.4. The van der Waals surface area contributed by atoms with Gasteiger partial charge in [-0.25, -0.2) is 4.98 Å². The average Bonchev–Trinajstić information content (AvgIpc) is 3.86. The molecule has 7 aromatic carbocycles. The average molecular weight is 718 g/mol. The fourth-order valence-corrected chi connectivity index (χ4v) is 9.81. The molecule has 4 nitrogen and oxygen atoms in total. The van der Waals surface area contributed by atoms with Gasteiger partial charge in [-0.1, -0.05) is 116 Å². The maximum absolute atomic E-state index is 6.53. The van der Waals surface area contributed by atoms with Gasteiger partial charge in [0.2, 0.25) is 11.0 Å². The van der Waals surface area contributed by atoms with Crippen molar-refractivity contribution in [3.8, 4) is 16.9 Å². The van der Waals surface area contributed by atoms with Gasteiger partial charge in [0.05, 0.1) is 21.3 Å². The molecule has 0 fully saturated rings. The Morgan fingerprint density at radius 3 is 2.26 bits per heavy atom. The summed E-state index contributed by atoms with van der Waals surface area (Å²) in [6.45, 7) is 6.22. The van der Waals surface area contributed by atoms with Gasteiger partial charge in [-0.2, -0.15) is 4.98 Å². The summed E-state index contributed by atoms with van der Waals surface area (Å²) in [5.41, 5.74) is 7.71. The lowest BCUT2D eigenvalue weighted by molar-refractivity contribution is 0.656. The van der Waals surface area contributed by atoms with Crippen molar-refractivity contribution >= 4 is 114 Å². The van der Waals surface area contributed by atoms with Crippen LogP contribution < -0.4 is 0 Å². The van der Waals surface area contributed by atoms with Gasteiger partial charge >= 0.3 is 0 Å². The van der Waals surface area contributed by atoms with Gasteiger partial charge in [0.25, 0.3) is 0 Å². The van der Waals surface area contributed by atoms with E-state index in [0.29, 0.717) is 5.71 Å². The first-order valence-electron chi connectivity index (χ1n) is 17.6. The number of aromatic nitrogens is 3. The Hall–Kier alpha value is -6.27. The highest BCUT2D eigenvalue weighted by atomic mass is 35.5. The van der Waals surface area contributed by atoms with Crippen LogP contribution in [0.3, 0.4) is 0 Å². The predicted molar refractivity (Wildman–Crippen MR) is 226 cm³/mol. The molecule has 6 heteroatoms. The molecule has 0 radical (unpaired) electrons. The van der Waals surface area contributed by atoms with Crippen molar-refractivity contribution in [1.82, 2.24) is 14.5 Å². The molecule has 0 amide bonds. The second-order valence-corrected chi connectivity index (χ2v) is 14.9. The lowest BCUT2D eigenvalue weighted by Crippen LogP contribution is -1.97. The van der Waals surface area contributed by atoms with Crippen molar-refractivity contribution < 1.29 is 4.42 Å². The maximum Gasteiger partial charge on any atom is 0.232 e. The van der Waals surface area contributed by atoms with Crippen molar-refractivity contribution in [2.75, 3.05) is 0 Å². The van der Waals surface area contributed by atoms with E-state index in [9.17, 15) is 0 Å². The van der Waals surface area contributed by atoms with E-state index in [1.807, 2.05) is 35.6 Å². The smallest absolute Gasteiger partial charge is 0.232 e. The Kier molecular flexibility index (Phi) is 6.51. The lowest BCUT2D eigenvalue weighted by atomic mass is 9.98. The molecule has 0 aliphatic carbocycles. The summed E-state index contributed by atoms with van der Waals surface area (Å²) in [5, 5.41) is 12.8. The zero-order valence-corrected chi connectivity index (χ0v) is 30.1. The molecule has 0 aliphatic heterocycles. The summed E-state index contributed by atoms with van der Waals surface area (Å²) in [5.74, 6) is 0. The predicted octanol–water partition coefficient (Wildman–Crippen LogP) is 14.0. The van der Waals surface area contributed by atoms with Gasteiger partial charge in [-0.3, -0.25) is 0 Å². The van der Waals surface area contributed by atoms with Gasteiger partial charge in [0, 0.05) is 54.1 Å². The van der Waals surface area contributed by atoms with E-state index in [1.165, 1.54) is 53.1 Å². The highest BCUT2D eigenvalue weighted by Crippen LogP contribution is 2.47. The molecule has 0 unspecified atom stereocenters. The maximum atomic E-state index is 6.53. The molecule has 0 aliphatic rings. The summed E-state index contributed by atoms with van der Waals surface area (Å²) in [6, 6.07) is 43.3. The quantitative estimate of drug-likeness (QED) is 0.134. The first-order chi connectivity index (χ1) is 26.1. The highest BCUT2D eigenvalue weighted by molar-refractivity contribution is 7.27. The second-order valence-electron chi connectivity index (χ2n) is 13.5. The van der Waals surface area contributed by atoms with Crippen LogP contribution in [0, 0.1) is 6.92 Å². The van der Waals surface area contributed by atoms with Crippen molar-refractivity contribution in [2.45, 2.75) is 6.92 Å². The monoisotopic (exact) mass is 717 g/mol. The number of halogens is 1. The van der Waals surface area contributed by atoms with Gasteiger partial charge in [-0.15, -0.1) is 11.3 Å². The third kappa shape index (κ3) is 4.35. The molecule has 0 bridgehead atoms. The summed E-state index contributed by atoms with van der Waals surface area (Å²) < 4.78 is 11.4. The number of furan rings is 1. The third-order valence-corrected chi connectivity index (χ3v) is 12.0. The molecule has 0 atom stereocenters. The third-order valence-electron chi connectivity index (χ3n) is 10.7. The van der Waals surface area contributed by atoms with E-state index in [1.54, 1.807) is 0 Å². The van der Waals surface area contributed by atoms with Crippen molar-refractivity contribution in [3.05, 3.63) is 157 Å². The van der Waals surface area contributed by atoms with Gasteiger partial charge in [-0.05, 0) is 75.8 Å². The number of allylic oxidation sites excluding steroid dienone is 2. The molecule has 4 aromatic heterocycles. The Bertz CT molecular complexity index is 3400. The van der Waals surface area contributed by atoms with Crippen LogP contribution in [0.5, 0.6) is 0 Å².